The molecule has 2 rings (SSSR count). The van der Waals surface area contributed by atoms with E-state index in [1.54, 1.807) is 0 Å². The average molecular weight is 456 g/mol. The molecule has 1 saturated carbocycles. The van der Waals surface area contributed by atoms with Gasteiger partial charge in [-0.15, -0.1) is 0 Å². The predicted octanol–water partition coefficient (Wildman–Crippen LogP) is 4.68. The maximum absolute atomic E-state index is 13.8. The minimum atomic E-state index is -0.677. The highest BCUT2D eigenvalue weighted by Crippen LogP contribution is 2.41. The zero-order chi connectivity index (χ0) is 23.5. The molecule has 1 aliphatic rings. The van der Waals surface area contributed by atoms with Crippen LogP contribution in [0.25, 0.3) is 0 Å². The number of nitroso groups, excluding NO2 is 1. The van der Waals surface area contributed by atoms with Crippen molar-refractivity contribution in [1.29, 1.82) is 0 Å². The van der Waals surface area contributed by atoms with Gasteiger partial charge in [-0.3, -0.25) is 4.79 Å². The lowest BCUT2D eigenvalue weighted by molar-refractivity contribution is -0.140. The van der Waals surface area contributed by atoms with Crippen LogP contribution in [0.1, 0.15) is 69.8 Å². The Hall–Kier alpha value is -1.93. The molecule has 0 radical (unpaired) electrons. The van der Waals surface area contributed by atoms with Crippen LogP contribution in [-0.4, -0.2) is 41.5 Å². The van der Waals surface area contributed by atoms with Gasteiger partial charge in [-0.1, -0.05) is 30.5 Å². The van der Waals surface area contributed by atoms with Gasteiger partial charge in [0.05, 0.1) is 25.4 Å². The molecule has 0 spiro atoms. The van der Waals surface area contributed by atoms with Crippen LogP contribution in [0, 0.1) is 28.4 Å². The van der Waals surface area contributed by atoms with Crippen molar-refractivity contribution >= 4 is 5.97 Å². The number of aliphatic hydroxyl groups excluding tert-OH is 2. The van der Waals surface area contributed by atoms with Crippen LogP contribution in [0.4, 0.5) is 8.78 Å². The van der Waals surface area contributed by atoms with E-state index in [2.05, 4.69) is 9.91 Å². The Labute approximate surface area is 188 Å². The summed E-state index contributed by atoms with van der Waals surface area (Å²) in [5.74, 6) is -1.59. The number of nitrogens with zero attached hydrogens (tertiary/aromatic N) is 1. The summed E-state index contributed by atoms with van der Waals surface area (Å²) in [5.41, 5.74) is 0.360. The number of benzene rings is 1. The third-order valence-electron chi connectivity index (χ3n) is 6.65. The average Bonchev–Trinajstić information content (AvgIpc) is 3.08. The van der Waals surface area contributed by atoms with Gasteiger partial charge >= 0.3 is 5.97 Å². The number of rotatable bonds is 14. The number of halogens is 2. The van der Waals surface area contributed by atoms with Crippen LogP contribution in [0.15, 0.2) is 23.4 Å². The minimum Gasteiger partial charge on any atom is -0.469 e. The lowest BCUT2D eigenvalue weighted by Gasteiger charge is -2.24. The summed E-state index contributed by atoms with van der Waals surface area (Å²) < 4.78 is 31.4. The highest BCUT2D eigenvalue weighted by molar-refractivity contribution is 5.68. The first-order valence-corrected chi connectivity index (χ1v) is 11.5. The molecule has 1 aromatic rings. The second-order valence-corrected chi connectivity index (χ2v) is 8.84. The van der Waals surface area contributed by atoms with Crippen LogP contribution >= 0.6 is 0 Å². The molecule has 1 aromatic carbocycles. The summed E-state index contributed by atoms with van der Waals surface area (Å²) >= 11 is 0. The maximum Gasteiger partial charge on any atom is 0.305 e. The molecule has 0 aliphatic heterocycles. The highest BCUT2D eigenvalue weighted by atomic mass is 19.1. The number of ether oxygens (including phenoxy) is 1. The highest BCUT2D eigenvalue weighted by Gasteiger charge is 2.42. The fourth-order valence-corrected chi connectivity index (χ4v) is 4.78. The Kier molecular flexibility index (Phi) is 11.2. The molecule has 32 heavy (non-hydrogen) atoms. The van der Waals surface area contributed by atoms with E-state index in [1.165, 1.54) is 19.2 Å². The van der Waals surface area contributed by atoms with Crippen molar-refractivity contribution in [3.63, 3.8) is 0 Å². The van der Waals surface area contributed by atoms with Gasteiger partial charge in [-0.2, -0.15) is 4.91 Å². The lowest BCUT2D eigenvalue weighted by atomic mass is 9.84. The largest absolute Gasteiger partial charge is 0.469 e. The molecule has 1 fully saturated rings. The molecule has 0 saturated heterocycles. The van der Waals surface area contributed by atoms with E-state index in [0.29, 0.717) is 44.1 Å². The van der Waals surface area contributed by atoms with Gasteiger partial charge in [0.1, 0.15) is 11.6 Å². The number of carbonyl (C=O) groups is 1. The van der Waals surface area contributed by atoms with E-state index in [9.17, 15) is 28.7 Å². The van der Waals surface area contributed by atoms with Crippen molar-refractivity contribution in [2.45, 2.75) is 88.9 Å². The van der Waals surface area contributed by atoms with Gasteiger partial charge in [-0.05, 0) is 68.4 Å². The van der Waals surface area contributed by atoms with E-state index in [-0.39, 0.29) is 17.8 Å². The molecule has 2 N–H and O–H groups in total. The van der Waals surface area contributed by atoms with Gasteiger partial charge in [0.15, 0.2) is 0 Å². The monoisotopic (exact) mass is 455 g/mol. The zero-order valence-electron chi connectivity index (χ0n) is 18.7. The molecular formula is C24H35F2NO5. The molecule has 5 unspecified atom stereocenters. The molecule has 6 nitrogen and oxygen atoms in total. The SMILES string of the molecule is COC(=O)CCCCCCC1C(O)CC(N=O)C1CCC(O)CCc1ccc(F)cc1F. The smallest absolute Gasteiger partial charge is 0.305 e. The molecule has 5 atom stereocenters. The van der Waals surface area contributed by atoms with E-state index in [0.717, 1.165) is 38.2 Å². The maximum atomic E-state index is 13.8. The van der Waals surface area contributed by atoms with E-state index in [1.807, 2.05) is 0 Å². The Bertz CT molecular complexity index is 732. The second-order valence-electron chi connectivity index (χ2n) is 8.84. The minimum absolute atomic E-state index is 0.0416. The van der Waals surface area contributed by atoms with Crippen LogP contribution < -0.4 is 0 Å². The zero-order valence-corrected chi connectivity index (χ0v) is 18.7. The number of esters is 1. The third-order valence-corrected chi connectivity index (χ3v) is 6.65. The third kappa shape index (κ3) is 8.20. The quantitative estimate of drug-likeness (QED) is 0.241. The number of aryl methyl sites for hydroxylation is 1. The first kappa shape index (κ1) is 26.3. The van der Waals surface area contributed by atoms with E-state index in [4.69, 9.17) is 0 Å². The number of hydrogen-bond donors (Lipinski definition) is 2. The van der Waals surface area contributed by atoms with Crippen molar-refractivity contribution in [1.82, 2.24) is 0 Å². The summed E-state index contributed by atoms with van der Waals surface area (Å²) in [6.45, 7) is 0. The van der Waals surface area contributed by atoms with Gasteiger partial charge in [-0.25, -0.2) is 8.78 Å². The predicted molar refractivity (Wildman–Crippen MR) is 117 cm³/mol. The summed E-state index contributed by atoms with van der Waals surface area (Å²) in [6.07, 6.45) is 5.37. The van der Waals surface area contributed by atoms with E-state index >= 15 is 0 Å². The summed E-state index contributed by atoms with van der Waals surface area (Å²) in [7, 11) is 1.37. The number of carbonyl (C=O) groups excluding carboxylic acids is 1. The Morgan fingerprint density at radius 2 is 1.91 bits per heavy atom. The van der Waals surface area contributed by atoms with Crippen molar-refractivity contribution < 1.29 is 28.5 Å². The summed E-state index contributed by atoms with van der Waals surface area (Å²) in [4.78, 5) is 22.4. The molecule has 0 aromatic heterocycles. The first-order valence-electron chi connectivity index (χ1n) is 11.5. The summed E-state index contributed by atoms with van der Waals surface area (Å²) in [6, 6.07) is 2.96. The van der Waals surface area contributed by atoms with Gasteiger partial charge in [0.2, 0.25) is 0 Å². The van der Waals surface area contributed by atoms with Crippen molar-refractivity contribution in [3.8, 4) is 0 Å². The molecule has 0 bridgehead atoms. The van der Waals surface area contributed by atoms with Gasteiger partial charge in [0, 0.05) is 12.5 Å². The molecule has 180 valence electrons. The fraction of sp³-hybridized carbons (Fsp3) is 0.708. The second kappa shape index (κ2) is 13.6. The van der Waals surface area contributed by atoms with Crippen molar-refractivity contribution in [2.24, 2.45) is 17.0 Å². The Balaban J connectivity index is 1.77. The van der Waals surface area contributed by atoms with Crippen LogP contribution in [0.5, 0.6) is 0 Å². The number of hydrogen-bond acceptors (Lipinski definition) is 6. The van der Waals surface area contributed by atoms with Crippen LogP contribution in [-0.2, 0) is 16.0 Å². The molecule has 8 heteroatoms. The lowest BCUT2D eigenvalue weighted by Crippen LogP contribution is -2.23. The Morgan fingerprint density at radius 3 is 2.59 bits per heavy atom. The van der Waals surface area contributed by atoms with E-state index < -0.39 is 29.9 Å². The van der Waals surface area contributed by atoms with Gasteiger partial charge in [0.25, 0.3) is 0 Å². The van der Waals surface area contributed by atoms with Crippen molar-refractivity contribution in [3.05, 3.63) is 40.3 Å². The van der Waals surface area contributed by atoms with Gasteiger partial charge < -0.3 is 14.9 Å². The standard InChI is InChI=1S/C24H35F2NO5/c1-32-24(30)7-5-3-2-4-6-20-19(22(27-31)15-23(20)29)13-12-18(28)11-9-16-8-10-17(25)14-21(16)26/h8,10,14,18-20,22-23,28-29H,2-7,9,11-13,15H2,1H3. The topological polar surface area (TPSA) is 96.2 Å². The molecular weight excluding hydrogens is 420 g/mol. The number of aliphatic hydroxyl groups is 2. The normalized spacial score (nSPS) is 23.8. The molecule has 0 amide bonds. The first-order chi connectivity index (χ1) is 15.3. The summed E-state index contributed by atoms with van der Waals surface area (Å²) in [5, 5.41) is 24.0. The molecule has 1 aliphatic carbocycles. The van der Waals surface area contributed by atoms with Crippen LogP contribution in [0.2, 0.25) is 0 Å². The van der Waals surface area contributed by atoms with Crippen LogP contribution in [0.3, 0.4) is 0 Å². The fourth-order valence-electron chi connectivity index (χ4n) is 4.78. The number of methoxy groups -OCH3 is 1. The molecule has 0 heterocycles. The number of unbranched alkanes of at least 4 members (excludes halogenated alkanes) is 3. The van der Waals surface area contributed by atoms with Crippen molar-refractivity contribution in [2.75, 3.05) is 7.11 Å². The Morgan fingerprint density at radius 1 is 1.16 bits per heavy atom.